The fourth-order valence-corrected chi connectivity index (χ4v) is 0.329. The Hall–Kier alpha value is -0.930. The maximum atomic E-state index is 10.2. The van der Waals surface area contributed by atoms with Crippen molar-refractivity contribution < 1.29 is 4.79 Å². The average Bonchev–Trinajstić information content (AvgIpc) is 1.83. The molecule has 0 aromatic heterocycles. The lowest BCUT2D eigenvalue weighted by Gasteiger charge is -2.00. The molecule has 0 saturated carbocycles. The third-order valence-corrected chi connectivity index (χ3v) is 0.826. The van der Waals surface area contributed by atoms with Gasteiger partial charge in [0.2, 0.25) is 5.91 Å². The van der Waals surface area contributed by atoms with Crippen LogP contribution in [-0.2, 0) is 4.79 Å². The molecule has 0 bridgehead atoms. The molecular formula is C5H10N2O2. The van der Waals surface area contributed by atoms with E-state index in [2.05, 4.69) is 10.5 Å². The van der Waals surface area contributed by atoms with Crippen LogP contribution >= 0.6 is 0 Å². The molecule has 0 radical (unpaired) electrons. The number of carbonyl (C=O) groups is 1. The SMILES string of the molecule is CC(=O)NCC(C)N=O. The third-order valence-electron chi connectivity index (χ3n) is 0.826. The summed E-state index contributed by atoms with van der Waals surface area (Å²) in [4.78, 5) is 19.9. The highest BCUT2D eigenvalue weighted by Gasteiger charge is 1.99. The Kier molecular flexibility index (Phi) is 3.59. The normalized spacial score (nSPS) is 12.2. The van der Waals surface area contributed by atoms with Crippen molar-refractivity contribution in [1.29, 1.82) is 0 Å². The van der Waals surface area contributed by atoms with Gasteiger partial charge in [-0.05, 0) is 6.92 Å². The Morgan fingerprint density at radius 1 is 1.78 bits per heavy atom. The van der Waals surface area contributed by atoms with Crippen LogP contribution in [0, 0.1) is 4.91 Å². The second-order valence-electron chi connectivity index (χ2n) is 1.89. The van der Waals surface area contributed by atoms with Gasteiger partial charge >= 0.3 is 0 Å². The molecule has 52 valence electrons. The van der Waals surface area contributed by atoms with Crippen molar-refractivity contribution in [2.45, 2.75) is 19.9 Å². The zero-order valence-electron chi connectivity index (χ0n) is 5.55. The van der Waals surface area contributed by atoms with Crippen LogP contribution in [0.3, 0.4) is 0 Å². The molecule has 0 aliphatic carbocycles. The number of carbonyl (C=O) groups excluding carboxylic acids is 1. The molecule has 1 atom stereocenters. The molecule has 0 aromatic carbocycles. The number of amides is 1. The lowest BCUT2D eigenvalue weighted by Crippen LogP contribution is -2.27. The Morgan fingerprint density at radius 2 is 2.33 bits per heavy atom. The lowest BCUT2D eigenvalue weighted by molar-refractivity contribution is -0.119. The van der Waals surface area contributed by atoms with Gasteiger partial charge in [-0.15, -0.1) is 0 Å². The Morgan fingerprint density at radius 3 is 2.67 bits per heavy atom. The van der Waals surface area contributed by atoms with Gasteiger partial charge in [0.25, 0.3) is 0 Å². The molecule has 1 N–H and O–H groups in total. The van der Waals surface area contributed by atoms with Crippen LogP contribution in [0.5, 0.6) is 0 Å². The van der Waals surface area contributed by atoms with Gasteiger partial charge in [0.1, 0.15) is 6.04 Å². The van der Waals surface area contributed by atoms with E-state index in [-0.39, 0.29) is 11.9 Å². The van der Waals surface area contributed by atoms with Crippen molar-refractivity contribution >= 4 is 5.91 Å². The summed E-state index contributed by atoms with van der Waals surface area (Å²) in [6.07, 6.45) is 0. The molecule has 0 fully saturated rings. The molecule has 1 unspecified atom stereocenters. The van der Waals surface area contributed by atoms with Crippen LogP contribution in [0.2, 0.25) is 0 Å². The van der Waals surface area contributed by atoms with E-state index in [1.165, 1.54) is 6.92 Å². The minimum atomic E-state index is -0.325. The number of hydrogen-bond donors (Lipinski definition) is 1. The smallest absolute Gasteiger partial charge is 0.216 e. The van der Waals surface area contributed by atoms with Crippen molar-refractivity contribution in [2.24, 2.45) is 5.18 Å². The molecule has 0 aliphatic heterocycles. The zero-order valence-corrected chi connectivity index (χ0v) is 5.55. The standard InChI is InChI=1S/C5H10N2O2/c1-4(7-9)3-6-5(2)8/h4H,3H2,1-2H3,(H,6,8). The van der Waals surface area contributed by atoms with E-state index in [0.29, 0.717) is 6.54 Å². The van der Waals surface area contributed by atoms with Gasteiger partial charge in [-0.2, -0.15) is 4.91 Å². The summed E-state index contributed by atoms with van der Waals surface area (Å²) in [6, 6.07) is -0.325. The molecule has 0 heterocycles. The van der Waals surface area contributed by atoms with E-state index in [1.54, 1.807) is 6.92 Å². The molecule has 0 rings (SSSR count). The number of nitroso groups, excluding NO2 is 1. The topological polar surface area (TPSA) is 58.5 Å². The highest BCUT2D eigenvalue weighted by Crippen LogP contribution is 1.82. The summed E-state index contributed by atoms with van der Waals surface area (Å²) in [6.45, 7) is 3.37. The fourth-order valence-electron chi connectivity index (χ4n) is 0.329. The largest absolute Gasteiger partial charge is 0.354 e. The van der Waals surface area contributed by atoms with Gasteiger partial charge < -0.3 is 5.32 Å². The number of nitrogens with one attached hydrogen (secondary N) is 1. The van der Waals surface area contributed by atoms with Crippen molar-refractivity contribution in [3.8, 4) is 0 Å². The van der Waals surface area contributed by atoms with Crippen LogP contribution in [0.1, 0.15) is 13.8 Å². The predicted molar refractivity (Wildman–Crippen MR) is 33.9 cm³/mol. The van der Waals surface area contributed by atoms with Crippen molar-refractivity contribution in [3.63, 3.8) is 0 Å². The number of hydrogen-bond acceptors (Lipinski definition) is 3. The lowest BCUT2D eigenvalue weighted by atomic mass is 10.3. The maximum Gasteiger partial charge on any atom is 0.216 e. The minimum absolute atomic E-state index is 0.134. The fraction of sp³-hybridized carbons (Fsp3) is 0.800. The summed E-state index contributed by atoms with van der Waals surface area (Å²) in [5.41, 5.74) is 0. The van der Waals surface area contributed by atoms with Crippen molar-refractivity contribution in [2.75, 3.05) is 6.54 Å². The maximum absolute atomic E-state index is 10.2. The quantitative estimate of drug-likeness (QED) is 0.558. The zero-order chi connectivity index (χ0) is 7.28. The monoisotopic (exact) mass is 130 g/mol. The van der Waals surface area contributed by atoms with Gasteiger partial charge in [0, 0.05) is 13.5 Å². The first kappa shape index (κ1) is 8.07. The molecule has 0 aliphatic rings. The first-order valence-electron chi connectivity index (χ1n) is 2.73. The van der Waals surface area contributed by atoms with Crippen molar-refractivity contribution in [1.82, 2.24) is 5.32 Å². The van der Waals surface area contributed by atoms with Crippen LogP contribution in [0.4, 0.5) is 0 Å². The summed E-state index contributed by atoms with van der Waals surface area (Å²) >= 11 is 0. The number of nitrogens with zero attached hydrogens (tertiary/aromatic N) is 1. The highest BCUT2D eigenvalue weighted by molar-refractivity contribution is 5.72. The second-order valence-corrected chi connectivity index (χ2v) is 1.89. The van der Waals surface area contributed by atoms with E-state index in [1.807, 2.05) is 0 Å². The second kappa shape index (κ2) is 4.00. The molecule has 0 saturated heterocycles. The Balaban J connectivity index is 3.26. The molecule has 0 aromatic rings. The van der Waals surface area contributed by atoms with Gasteiger partial charge in [-0.25, -0.2) is 0 Å². The van der Waals surface area contributed by atoms with E-state index in [4.69, 9.17) is 0 Å². The first-order valence-corrected chi connectivity index (χ1v) is 2.73. The van der Waals surface area contributed by atoms with Crippen molar-refractivity contribution in [3.05, 3.63) is 4.91 Å². The van der Waals surface area contributed by atoms with Crippen LogP contribution < -0.4 is 5.32 Å². The first-order chi connectivity index (χ1) is 4.16. The Labute approximate surface area is 53.6 Å². The van der Waals surface area contributed by atoms with Gasteiger partial charge in [0.05, 0.1) is 0 Å². The van der Waals surface area contributed by atoms with Crippen LogP contribution in [-0.4, -0.2) is 18.5 Å². The number of rotatable bonds is 3. The van der Waals surface area contributed by atoms with Gasteiger partial charge in [-0.3, -0.25) is 4.79 Å². The highest BCUT2D eigenvalue weighted by atomic mass is 16.3. The molecule has 9 heavy (non-hydrogen) atoms. The van der Waals surface area contributed by atoms with E-state index >= 15 is 0 Å². The minimum Gasteiger partial charge on any atom is -0.354 e. The van der Waals surface area contributed by atoms with Crippen LogP contribution in [0.15, 0.2) is 5.18 Å². The van der Waals surface area contributed by atoms with E-state index < -0.39 is 0 Å². The van der Waals surface area contributed by atoms with E-state index in [0.717, 1.165) is 0 Å². The molecule has 4 heteroatoms. The summed E-state index contributed by atoms with van der Waals surface area (Å²) in [5, 5.41) is 5.16. The van der Waals surface area contributed by atoms with Gasteiger partial charge in [-0.1, -0.05) is 5.18 Å². The summed E-state index contributed by atoms with van der Waals surface area (Å²) < 4.78 is 0. The molecule has 0 spiro atoms. The Bertz CT molecular complexity index is 114. The average molecular weight is 130 g/mol. The van der Waals surface area contributed by atoms with Crippen LogP contribution in [0.25, 0.3) is 0 Å². The third kappa shape index (κ3) is 4.93. The summed E-state index contributed by atoms with van der Waals surface area (Å²) in [5.74, 6) is -0.134. The van der Waals surface area contributed by atoms with Gasteiger partial charge in [0.15, 0.2) is 0 Å². The molecular weight excluding hydrogens is 120 g/mol. The predicted octanol–water partition coefficient (Wildman–Crippen LogP) is 0.277. The molecule has 1 amide bonds. The molecule has 4 nitrogen and oxygen atoms in total. The van der Waals surface area contributed by atoms with E-state index in [9.17, 15) is 9.70 Å². The summed E-state index contributed by atoms with van der Waals surface area (Å²) in [7, 11) is 0.